The molecule has 1 fully saturated rings. The number of Topliss-reactive ketones (excluding diaryl/α,β-unsaturated/α-hetero) is 2. The van der Waals surface area contributed by atoms with Gasteiger partial charge in [-0.1, -0.05) is 30.0 Å². The Balaban J connectivity index is 1.79. The molecule has 0 radical (unpaired) electrons. The molecule has 0 amide bonds. The molecule has 0 aromatic heterocycles. The number of aryl methyl sites for hydroxylation is 1. The molecule has 0 spiro atoms. The van der Waals surface area contributed by atoms with Crippen molar-refractivity contribution in [1.29, 1.82) is 0 Å². The molecule has 2 bridgehead atoms. The number of allylic oxidation sites excluding steroid dienone is 2. The van der Waals surface area contributed by atoms with Crippen LogP contribution in [0, 0.1) is 18.8 Å². The van der Waals surface area contributed by atoms with E-state index >= 15 is 0 Å². The number of carbonyl (C=O) groups is 2. The maximum absolute atomic E-state index is 13.5. The number of sulfone groups is 1. The summed E-state index contributed by atoms with van der Waals surface area (Å²) in [6, 6.07) is 14.3. The van der Waals surface area contributed by atoms with Gasteiger partial charge in [-0.3, -0.25) is 9.59 Å². The molecular weight excluding hydrogens is 404 g/mol. The van der Waals surface area contributed by atoms with Crippen LogP contribution in [0.5, 0.6) is 0 Å². The average Bonchev–Trinajstić information content (AvgIpc) is 3.12. The van der Waals surface area contributed by atoms with E-state index in [2.05, 4.69) is 0 Å². The van der Waals surface area contributed by atoms with Crippen LogP contribution in [0.1, 0.15) is 35.2 Å². The number of rotatable bonds is 5. The number of benzene rings is 2. The van der Waals surface area contributed by atoms with Crippen molar-refractivity contribution in [3.05, 3.63) is 70.1 Å². The average molecular weight is 427 g/mol. The third-order valence-corrected chi connectivity index (χ3v) is 8.11. The molecule has 2 aliphatic carbocycles. The van der Waals surface area contributed by atoms with Gasteiger partial charge >= 0.3 is 0 Å². The third kappa shape index (κ3) is 3.83. The Morgan fingerprint density at radius 1 is 1.03 bits per heavy atom. The van der Waals surface area contributed by atoms with E-state index in [9.17, 15) is 18.0 Å². The fourth-order valence-electron chi connectivity index (χ4n) is 4.22. The summed E-state index contributed by atoms with van der Waals surface area (Å²) in [5, 5.41) is 0. The van der Waals surface area contributed by atoms with E-state index in [1.807, 2.05) is 30.3 Å². The Morgan fingerprint density at radius 2 is 1.72 bits per heavy atom. The summed E-state index contributed by atoms with van der Waals surface area (Å²) in [4.78, 5) is 28.7. The topological polar surface area (TPSA) is 68.3 Å². The number of fused-ring (bicyclic) bond motifs is 2. The van der Waals surface area contributed by atoms with Crippen molar-refractivity contribution in [2.45, 2.75) is 36.0 Å². The second-order valence-corrected chi connectivity index (χ2v) is 10.9. The van der Waals surface area contributed by atoms with E-state index in [1.165, 1.54) is 30.0 Å². The van der Waals surface area contributed by atoms with Crippen LogP contribution in [-0.4, -0.2) is 26.2 Å². The lowest BCUT2D eigenvalue weighted by Gasteiger charge is -2.25. The van der Waals surface area contributed by atoms with Crippen molar-refractivity contribution in [2.75, 3.05) is 6.26 Å². The molecule has 0 saturated heterocycles. The van der Waals surface area contributed by atoms with Gasteiger partial charge in [0.15, 0.2) is 21.4 Å². The predicted molar refractivity (Wildman–Crippen MR) is 114 cm³/mol. The number of thioether (sulfide) groups is 1. The van der Waals surface area contributed by atoms with Gasteiger partial charge in [0.25, 0.3) is 0 Å². The van der Waals surface area contributed by atoms with E-state index in [-0.39, 0.29) is 28.3 Å². The first-order chi connectivity index (χ1) is 13.8. The van der Waals surface area contributed by atoms with E-state index in [0.29, 0.717) is 16.7 Å². The second-order valence-electron chi connectivity index (χ2n) is 7.80. The van der Waals surface area contributed by atoms with Crippen molar-refractivity contribution in [2.24, 2.45) is 11.8 Å². The number of carbonyl (C=O) groups excluding carboxylic acids is 2. The SMILES string of the molecule is Cc1cc(S(C)(=O)=O)ccc1C(=O)C1=C(Sc2ccccc2)C2CCC(C2)C1=O. The summed E-state index contributed by atoms with van der Waals surface area (Å²) < 4.78 is 23.6. The number of hydrogen-bond donors (Lipinski definition) is 0. The van der Waals surface area contributed by atoms with Gasteiger partial charge in [0.1, 0.15) is 0 Å². The molecule has 0 heterocycles. The highest BCUT2D eigenvalue weighted by molar-refractivity contribution is 8.03. The van der Waals surface area contributed by atoms with Crippen LogP contribution in [0.2, 0.25) is 0 Å². The molecule has 2 aromatic rings. The maximum atomic E-state index is 13.5. The zero-order valence-electron chi connectivity index (χ0n) is 16.3. The second kappa shape index (κ2) is 7.58. The molecule has 2 aliphatic rings. The van der Waals surface area contributed by atoms with Crippen LogP contribution in [-0.2, 0) is 14.6 Å². The van der Waals surface area contributed by atoms with Crippen LogP contribution >= 0.6 is 11.8 Å². The summed E-state index contributed by atoms with van der Waals surface area (Å²) in [6.07, 6.45) is 3.71. The van der Waals surface area contributed by atoms with Gasteiger partial charge in [-0.05, 0) is 68.0 Å². The highest BCUT2D eigenvalue weighted by Crippen LogP contribution is 2.50. The van der Waals surface area contributed by atoms with E-state index in [1.54, 1.807) is 6.92 Å². The van der Waals surface area contributed by atoms with Gasteiger partial charge in [-0.25, -0.2) is 8.42 Å². The third-order valence-electron chi connectivity index (χ3n) is 5.74. The fraction of sp³-hybridized carbons (Fsp3) is 0.304. The van der Waals surface area contributed by atoms with Gasteiger partial charge in [-0.2, -0.15) is 0 Å². The lowest BCUT2D eigenvalue weighted by molar-refractivity contribution is -0.119. The molecule has 1 saturated carbocycles. The first-order valence-electron chi connectivity index (χ1n) is 9.62. The molecular formula is C23H22O4S2. The highest BCUT2D eigenvalue weighted by atomic mass is 32.2. The summed E-state index contributed by atoms with van der Waals surface area (Å²) in [5.41, 5.74) is 1.27. The first kappa shape index (κ1) is 20.1. The quantitative estimate of drug-likeness (QED) is 0.515. The van der Waals surface area contributed by atoms with Crippen molar-refractivity contribution < 1.29 is 18.0 Å². The van der Waals surface area contributed by atoms with Gasteiger partial charge in [0.2, 0.25) is 0 Å². The van der Waals surface area contributed by atoms with Crippen LogP contribution in [0.4, 0.5) is 0 Å². The van der Waals surface area contributed by atoms with E-state index in [4.69, 9.17) is 0 Å². The molecule has 0 N–H and O–H groups in total. The molecule has 2 unspecified atom stereocenters. The minimum absolute atomic E-state index is 0.0613. The van der Waals surface area contributed by atoms with Crippen molar-refractivity contribution in [3.8, 4) is 0 Å². The zero-order valence-corrected chi connectivity index (χ0v) is 18.0. The van der Waals surface area contributed by atoms with Crippen LogP contribution < -0.4 is 0 Å². The summed E-state index contributed by atoms with van der Waals surface area (Å²) >= 11 is 1.51. The Kier molecular flexibility index (Phi) is 5.25. The Bertz CT molecular complexity index is 1130. The molecule has 6 heteroatoms. The van der Waals surface area contributed by atoms with Crippen LogP contribution in [0.15, 0.2) is 68.8 Å². The van der Waals surface area contributed by atoms with Crippen LogP contribution in [0.25, 0.3) is 0 Å². The summed E-state index contributed by atoms with van der Waals surface area (Å²) in [5.74, 6) is -0.191. The summed E-state index contributed by atoms with van der Waals surface area (Å²) in [7, 11) is -3.36. The maximum Gasteiger partial charge on any atom is 0.197 e. The Hall–Kier alpha value is -2.18. The summed E-state index contributed by atoms with van der Waals surface area (Å²) in [6.45, 7) is 1.72. The lowest BCUT2D eigenvalue weighted by atomic mass is 9.83. The smallest absolute Gasteiger partial charge is 0.197 e. The lowest BCUT2D eigenvalue weighted by Crippen LogP contribution is -2.26. The molecule has 0 aliphatic heterocycles. The highest BCUT2D eigenvalue weighted by Gasteiger charge is 2.43. The van der Waals surface area contributed by atoms with Gasteiger partial charge in [0.05, 0.1) is 10.5 Å². The van der Waals surface area contributed by atoms with Crippen molar-refractivity contribution in [3.63, 3.8) is 0 Å². The first-order valence-corrected chi connectivity index (χ1v) is 12.3. The molecule has 29 heavy (non-hydrogen) atoms. The monoisotopic (exact) mass is 426 g/mol. The van der Waals surface area contributed by atoms with Crippen LogP contribution in [0.3, 0.4) is 0 Å². The van der Waals surface area contributed by atoms with Gasteiger partial charge < -0.3 is 0 Å². The molecule has 4 rings (SSSR count). The zero-order chi connectivity index (χ0) is 20.8. The molecule has 2 aromatic carbocycles. The minimum Gasteiger partial charge on any atom is -0.294 e. The Morgan fingerprint density at radius 3 is 2.38 bits per heavy atom. The molecule has 2 atom stereocenters. The predicted octanol–water partition coefficient (Wildman–Crippen LogP) is 4.63. The normalized spacial score (nSPS) is 21.5. The van der Waals surface area contributed by atoms with E-state index in [0.717, 1.165) is 35.3 Å². The van der Waals surface area contributed by atoms with Crippen molar-refractivity contribution in [1.82, 2.24) is 0 Å². The molecule has 4 nitrogen and oxygen atoms in total. The van der Waals surface area contributed by atoms with E-state index < -0.39 is 9.84 Å². The minimum atomic E-state index is -3.36. The van der Waals surface area contributed by atoms with Gasteiger partial charge in [0, 0.05) is 27.5 Å². The standard InChI is InChI=1S/C23H22O4S2/c1-14-12-18(29(2,26)27)10-11-19(14)22(25)20-21(24)15-8-9-16(13-15)23(20)28-17-6-4-3-5-7-17/h3-7,10-12,15-16H,8-9,13H2,1-2H3. The molecule has 150 valence electrons. The van der Waals surface area contributed by atoms with Crippen molar-refractivity contribution >= 4 is 33.2 Å². The van der Waals surface area contributed by atoms with Gasteiger partial charge in [-0.15, -0.1) is 0 Å². The largest absolute Gasteiger partial charge is 0.294 e. The Labute approximate surface area is 175 Å². The number of ketones is 2. The number of hydrogen-bond acceptors (Lipinski definition) is 5. The fourth-order valence-corrected chi connectivity index (χ4v) is 6.15.